The van der Waals surface area contributed by atoms with Crippen LogP contribution in [0.2, 0.25) is 0 Å². The maximum Gasteiger partial charge on any atom is 0.178 e. The quantitative estimate of drug-likeness (QED) is 0.793. The van der Waals surface area contributed by atoms with E-state index in [0.29, 0.717) is 0 Å². The Morgan fingerprint density at radius 2 is 2.12 bits per heavy atom. The van der Waals surface area contributed by atoms with Gasteiger partial charge in [0.1, 0.15) is 0 Å². The summed E-state index contributed by atoms with van der Waals surface area (Å²) in [6.07, 6.45) is 2.44. The molecule has 0 bridgehead atoms. The Balaban J connectivity index is 2.33. The zero-order valence-electron chi connectivity index (χ0n) is 10.8. The third-order valence-corrected chi connectivity index (χ3v) is 3.48. The predicted molar refractivity (Wildman–Crippen MR) is 75.9 cm³/mol. The number of aromatic amines is 1. The summed E-state index contributed by atoms with van der Waals surface area (Å²) in [5, 5.41) is 0. The van der Waals surface area contributed by atoms with Crippen LogP contribution in [-0.4, -0.2) is 9.55 Å². The van der Waals surface area contributed by atoms with Gasteiger partial charge in [-0.1, -0.05) is 26.0 Å². The second-order valence-corrected chi connectivity index (χ2v) is 5.48. The van der Waals surface area contributed by atoms with E-state index < -0.39 is 0 Å². The molecule has 2 aromatic rings. The topological polar surface area (TPSA) is 20.7 Å². The number of imidazole rings is 1. The SMILES string of the molecule is Cc1cccc2[nH]c(=S)n(CCCC(C)C)c12. The number of rotatable bonds is 4. The van der Waals surface area contributed by atoms with Gasteiger partial charge in [0.2, 0.25) is 0 Å². The van der Waals surface area contributed by atoms with Gasteiger partial charge in [-0.05, 0) is 49.5 Å². The molecule has 1 heterocycles. The largest absolute Gasteiger partial charge is 0.331 e. The molecule has 1 N–H and O–H groups in total. The molecule has 0 fully saturated rings. The highest BCUT2D eigenvalue weighted by atomic mass is 32.1. The molecule has 1 aromatic carbocycles. The Kier molecular flexibility index (Phi) is 3.67. The summed E-state index contributed by atoms with van der Waals surface area (Å²) in [5.41, 5.74) is 3.71. The van der Waals surface area contributed by atoms with Crippen molar-refractivity contribution < 1.29 is 0 Å². The van der Waals surface area contributed by atoms with Crippen molar-refractivity contribution >= 4 is 23.3 Å². The van der Waals surface area contributed by atoms with Crippen LogP contribution in [0.5, 0.6) is 0 Å². The van der Waals surface area contributed by atoms with Gasteiger partial charge < -0.3 is 9.55 Å². The van der Waals surface area contributed by atoms with Gasteiger partial charge in [-0.25, -0.2) is 0 Å². The molecule has 2 rings (SSSR count). The van der Waals surface area contributed by atoms with Gasteiger partial charge in [0.15, 0.2) is 4.77 Å². The highest BCUT2D eigenvalue weighted by Crippen LogP contribution is 2.19. The molecule has 1 aromatic heterocycles. The van der Waals surface area contributed by atoms with E-state index in [1.165, 1.54) is 23.9 Å². The maximum absolute atomic E-state index is 5.40. The number of H-pyrrole nitrogens is 1. The summed E-state index contributed by atoms with van der Waals surface area (Å²) < 4.78 is 3.08. The van der Waals surface area contributed by atoms with E-state index in [2.05, 4.69) is 48.5 Å². The molecule has 0 spiro atoms. The molecule has 0 radical (unpaired) electrons. The van der Waals surface area contributed by atoms with Gasteiger partial charge >= 0.3 is 0 Å². The van der Waals surface area contributed by atoms with Crippen LogP contribution in [0.15, 0.2) is 18.2 Å². The Hall–Kier alpha value is -1.09. The third-order valence-electron chi connectivity index (χ3n) is 3.16. The van der Waals surface area contributed by atoms with Gasteiger partial charge in [-0.15, -0.1) is 0 Å². The molecule has 92 valence electrons. The van der Waals surface area contributed by atoms with Crippen LogP contribution >= 0.6 is 12.2 Å². The Morgan fingerprint density at radius 3 is 2.82 bits per heavy atom. The average molecular weight is 248 g/mol. The molecule has 0 saturated heterocycles. The van der Waals surface area contributed by atoms with Gasteiger partial charge in [0, 0.05) is 6.54 Å². The summed E-state index contributed by atoms with van der Waals surface area (Å²) >= 11 is 5.40. The van der Waals surface area contributed by atoms with E-state index in [1.807, 2.05) is 0 Å². The second kappa shape index (κ2) is 5.05. The molecule has 0 amide bonds. The number of hydrogen-bond donors (Lipinski definition) is 1. The predicted octanol–water partition coefficient (Wildman–Crippen LogP) is 4.44. The van der Waals surface area contributed by atoms with Crippen molar-refractivity contribution in [3.8, 4) is 0 Å². The van der Waals surface area contributed by atoms with Crippen LogP contribution in [0.25, 0.3) is 11.0 Å². The molecule has 0 saturated carbocycles. The molecule has 0 unspecified atom stereocenters. The van der Waals surface area contributed by atoms with Gasteiger partial charge in [0.05, 0.1) is 11.0 Å². The van der Waals surface area contributed by atoms with Gasteiger partial charge in [-0.2, -0.15) is 0 Å². The summed E-state index contributed by atoms with van der Waals surface area (Å²) in [6.45, 7) is 7.69. The minimum Gasteiger partial charge on any atom is -0.331 e. The number of aromatic nitrogens is 2. The third kappa shape index (κ3) is 2.60. The van der Waals surface area contributed by atoms with Crippen molar-refractivity contribution in [2.75, 3.05) is 0 Å². The molecule has 2 nitrogen and oxygen atoms in total. The fourth-order valence-corrected chi connectivity index (χ4v) is 2.57. The number of nitrogens with one attached hydrogen (secondary N) is 1. The Labute approximate surface area is 108 Å². The van der Waals surface area contributed by atoms with E-state index in [9.17, 15) is 0 Å². The molecule has 0 aliphatic heterocycles. The number of para-hydroxylation sites is 1. The van der Waals surface area contributed by atoms with E-state index >= 15 is 0 Å². The minimum absolute atomic E-state index is 0.760. The van der Waals surface area contributed by atoms with E-state index in [4.69, 9.17) is 12.2 Å². The van der Waals surface area contributed by atoms with E-state index in [-0.39, 0.29) is 0 Å². The first-order valence-corrected chi connectivity index (χ1v) is 6.68. The van der Waals surface area contributed by atoms with Crippen LogP contribution in [0.3, 0.4) is 0 Å². The first kappa shape index (κ1) is 12.4. The lowest BCUT2D eigenvalue weighted by atomic mass is 10.1. The lowest BCUT2D eigenvalue weighted by Gasteiger charge is -2.08. The van der Waals surface area contributed by atoms with Crippen molar-refractivity contribution in [1.29, 1.82) is 0 Å². The number of hydrogen-bond acceptors (Lipinski definition) is 1. The number of nitrogens with zero attached hydrogens (tertiary/aromatic N) is 1. The fraction of sp³-hybridized carbons (Fsp3) is 0.500. The highest BCUT2D eigenvalue weighted by molar-refractivity contribution is 7.71. The lowest BCUT2D eigenvalue weighted by molar-refractivity contribution is 0.514. The van der Waals surface area contributed by atoms with Crippen molar-refractivity contribution in [2.45, 2.75) is 40.2 Å². The monoisotopic (exact) mass is 248 g/mol. The van der Waals surface area contributed by atoms with Crippen molar-refractivity contribution in [3.05, 3.63) is 28.5 Å². The van der Waals surface area contributed by atoms with Crippen LogP contribution in [-0.2, 0) is 6.54 Å². The Bertz CT molecular complexity index is 563. The average Bonchev–Trinajstić information content (AvgIpc) is 2.56. The maximum atomic E-state index is 5.40. The van der Waals surface area contributed by atoms with E-state index in [0.717, 1.165) is 22.8 Å². The summed E-state index contributed by atoms with van der Waals surface area (Å²) in [4.78, 5) is 3.28. The Morgan fingerprint density at radius 1 is 1.35 bits per heavy atom. The molecule has 3 heteroatoms. The zero-order chi connectivity index (χ0) is 12.4. The number of aryl methyl sites for hydroxylation is 2. The van der Waals surface area contributed by atoms with Crippen LogP contribution in [0.1, 0.15) is 32.3 Å². The van der Waals surface area contributed by atoms with Gasteiger partial charge in [-0.3, -0.25) is 0 Å². The lowest BCUT2D eigenvalue weighted by Crippen LogP contribution is -2.00. The van der Waals surface area contributed by atoms with Crippen molar-refractivity contribution in [3.63, 3.8) is 0 Å². The fourth-order valence-electron chi connectivity index (χ4n) is 2.27. The summed E-state index contributed by atoms with van der Waals surface area (Å²) in [6, 6.07) is 6.31. The van der Waals surface area contributed by atoms with Crippen LogP contribution < -0.4 is 0 Å². The van der Waals surface area contributed by atoms with E-state index in [1.54, 1.807) is 0 Å². The normalized spacial score (nSPS) is 11.5. The second-order valence-electron chi connectivity index (χ2n) is 5.09. The van der Waals surface area contributed by atoms with Crippen molar-refractivity contribution in [1.82, 2.24) is 9.55 Å². The standard InChI is InChI=1S/C14H20N2S/c1-10(2)6-5-9-16-13-11(3)7-4-8-12(13)15-14(16)17/h4,7-8,10H,5-6,9H2,1-3H3,(H,15,17). The minimum atomic E-state index is 0.760. The first-order chi connectivity index (χ1) is 8.09. The molecule has 0 aliphatic rings. The highest BCUT2D eigenvalue weighted by Gasteiger charge is 2.06. The summed E-state index contributed by atoms with van der Waals surface area (Å²) in [7, 11) is 0. The molecular weight excluding hydrogens is 228 g/mol. The number of fused-ring (bicyclic) bond motifs is 1. The molecule has 17 heavy (non-hydrogen) atoms. The molecule has 0 aliphatic carbocycles. The zero-order valence-corrected chi connectivity index (χ0v) is 11.6. The van der Waals surface area contributed by atoms with Crippen LogP contribution in [0.4, 0.5) is 0 Å². The van der Waals surface area contributed by atoms with Crippen LogP contribution in [0, 0.1) is 17.6 Å². The smallest absolute Gasteiger partial charge is 0.178 e. The molecule has 0 atom stereocenters. The number of benzene rings is 1. The molecular formula is C14H20N2S. The van der Waals surface area contributed by atoms with Crippen molar-refractivity contribution in [2.24, 2.45) is 5.92 Å². The van der Waals surface area contributed by atoms with Gasteiger partial charge in [0.25, 0.3) is 0 Å². The summed E-state index contributed by atoms with van der Waals surface area (Å²) in [5.74, 6) is 0.760. The first-order valence-electron chi connectivity index (χ1n) is 6.27.